The van der Waals surface area contributed by atoms with E-state index in [1.807, 2.05) is 30.4 Å². The van der Waals surface area contributed by atoms with E-state index < -0.39 is 0 Å². The van der Waals surface area contributed by atoms with Crippen LogP contribution in [0.2, 0.25) is 0 Å². The molecule has 0 aromatic rings. The topological polar surface area (TPSA) is 20.2 Å². The van der Waals surface area contributed by atoms with Crippen LogP contribution < -0.4 is 0 Å². The third kappa shape index (κ3) is 1.41. The van der Waals surface area contributed by atoms with Gasteiger partial charge >= 0.3 is 0 Å². The van der Waals surface area contributed by atoms with E-state index in [1.54, 1.807) is 0 Å². The van der Waals surface area contributed by atoms with Crippen LogP contribution in [0.25, 0.3) is 0 Å². The van der Waals surface area contributed by atoms with Crippen molar-refractivity contribution in [1.29, 1.82) is 0 Å². The predicted octanol–water partition coefficient (Wildman–Crippen LogP) is 1.83. The summed E-state index contributed by atoms with van der Waals surface area (Å²) in [5.74, 6) is 0.505. The Balaban J connectivity index is 2.38. The summed E-state index contributed by atoms with van der Waals surface area (Å²) in [6.45, 7) is 0. The van der Waals surface area contributed by atoms with Crippen LogP contribution in [0, 0.1) is 11.8 Å². The first-order valence-electron chi connectivity index (χ1n) is 4.26. The molecule has 3 unspecified atom stereocenters. The van der Waals surface area contributed by atoms with Crippen molar-refractivity contribution in [2.24, 2.45) is 11.8 Å². The molecule has 12 heavy (non-hydrogen) atoms. The van der Waals surface area contributed by atoms with Crippen molar-refractivity contribution < 1.29 is 5.11 Å². The average molecular weight is 160 g/mol. The summed E-state index contributed by atoms with van der Waals surface area (Å²) < 4.78 is 0. The maximum atomic E-state index is 9.61. The number of hydrogen-bond acceptors (Lipinski definition) is 1. The minimum absolute atomic E-state index is 0.149. The molecule has 0 saturated heterocycles. The second kappa shape index (κ2) is 3.11. The van der Waals surface area contributed by atoms with E-state index in [-0.39, 0.29) is 12.0 Å². The van der Waals surface area contributed by atoms with Crippen molar-refractivity contribution in [2.45, 2.75) is 6.10 Å². The van der Waals surface area contributed by atoms with Crippen molar-refractivity contribution in [3.8, 4) is 0 Å². The van der Waals surface area contributed by atoms with Gasteiger partial charge in [0, 0.05) is 11.8 Å². The molecule has 0 radical (unpaired) electrons. The van der Waals surface area contributed by atoms with Crippen LogP contribution in [0.1, 0.15) is 0 Å². The van der Waals surface area contributed by atoms with Gasteiger partial charge in [-0.3, -0.25) is 0 Å². The molecule has 62 valence electrons. The van der Waals surface area contributed by atoms with Crippen LogP contribution in [0.4, 0.5) is 0 Å². The second-order valence-electron chi connectivity index (χ2n) is 3.18. The lowest BCUT2D eigenvalue weighted by Gasteiger charge is -2.10. The van der Waals surface area contributed by atoms with Gasteiger partial charge in [-0.2, -0.15) is 0 Å². The average Bonchev–Trinajstić information content (AvgIpc) is 2.12. The molecule has 2 rings (SSSR count). The zero-order chi connectivity index (χ0) is 8.39. The normalized spacial score (nSPS) is 43.2. The summed E-state index contributed by atoms with van der Waals surface area (Å²) in [4.78, 5) is 0. The summed E-state index contributed by atoms with van der Waals surface area (Å²) in [7, 11) is 0. The molecule has 0 heterocycles. The van der Waals surface area contributed by atoms with Gasteiger partial charge in [-0.05, 0) is 0 Å². The fraction of sp³-hybridized carbons (Fsp3) is 0.273. The highest BCUT2D eigenvalue weighted by atomic mass is 16.3. The molecular formula is C11H12O. The highest BCUT2D eigenvalue weighted by molar-refractivity contribution is 5.25. The molecule has 2 bridgehead atoms. The first-order valence-corrected chi connectivity index (χ1v) is 4.26. The van der Waals surface area contributed by atoms with Gasteiger partial charge in [-0.15, -0.1) is 0 Å². The van der Waals surface area contributed by atoms with Gasteiger partial charge < -0.3 is 5.11 Å². The number of aliphatic hydroxyl groups is 1. The number of aliphatic hydroxyl groups excluding tert-OH is 1. The summed E-state index contributed by atoms with van der Waals surface area (Å²) in [5.41, 5.74) is 0. The van der Waals surface area contributed by atoms with E-state index in [2.05, 4.69) is 18.2 Å². The molecule has 0 saturated carbocycles. The fourth-order valence-electron chi connectivity index (χ4n) is 1.50. The molecule has 2 aliphatic rings. The summed E-state index contributed by atoms with van der Waals surface area (Å²) in [6.07, 6.45) is 15.9. The summed E-state index contributed by atoms with van der Waals surface area (Å²) in [5, 5.41) is 9.61. The number of allylic oxidation sites excluding steroid dienone is 5. The van der Waals surface area contributed by atoms with Crippen LogP contribution in [-0.4, -0.2) is 11.2 Å². The first-order chi connectivity index (χ1) is 5.86. The largest absolute Gasteiger partial charge is 0.388 e. The standard InChI is InChI=1S/C11H12O/c12-11-8-6-9-3-1-2-4-10(11)7-5-9/h1-12H/b3-1-,4-2-. The maximum absolute atomic E-state index is 9.61. The highest BCUT2D eigenvalue weighted by Crippen LogP contribution is 2.19. The molecule has 1 N–H and O–H groups in total. The Labute approximate surface area is 72.4 Å². The van der Waals surface area contributed by atoms with Gasteiger partial charge in [0.1, 0.15) is 0 Å². The third-order valence-electron chi connectivity index (χ3n) is 2.26. The van der Waals surface area contributed by atoms with Gasteiger partial charge in [0.05, 0.1) is 6.10 Å². The van der Waals surface area contributed by atoms with E-state index >= 15 is 0 Å². The zero-order valence-electron chi connectivity index (χ0n) is 6.80. The molecule has 0 aliphatic heterocycles. The van der Waals surface area contributed by atoms with E-state index in [9.17, 15) is 5.11 Å². The predicted molar refractivity (Wildman–Crippen MR) is 49.5 cm³/mol. The molecule has 2 aliphatic carbocycles. The highest BCUT2D eigenvalue weighted by Gasteiger charge is 2.14. The lowest BCUT2D eigenvalue weighted by atomic mass is 10.0. The summed E-state index contributed by atoms with van der Waals surface area (Å²) in [6, 6.07) is 0. The Morgan fingerprint density at radius 1 is 0.750 bits per heavy atom. The molecule has 0 aromatic heterocycles. The smallest absolute Gasteiger partial charge is 0.0818 e. The first kappa shape index (κ1) is 7.56. The van der Waals surface area contributed by atoms with Crippen LogP contribution in [0.5, 0.6) is 0 Å². The SMILES string of the molecule is OC1C=CC2C=CC1/C=C\C=C/2. The minimum atomic E-state index is -0.359. The Bertz CT molecular complexity index is 271. The summed E-state index contributed by atoms with van der Waals surface area (Å²) >= 11 is 0. The zero-order valence-corrected chi connectivity index (χ0v) is 6.80. The van der Waals surface area contributed by atoms with Crippen LogP contribution in [0.15, 0.2) is 48.6 Å². The van der Waals surface area contributed by atoms with Gasteiger partial charge in [-0.1, -0.05) is 48.6 Å². The molecule has 3 atom stereocenters. The van der Waals surface area contributed by atoms with E-state index in [4.69, 9.17) is 0 Å². The Morgan fingerprint density at radius 2 is 1.50 bits per heavy atom. The van der Waals surface area contributed by atoms with E-state index in [0.29, 0.717) is 5.92 Å². The molecule has 0 amide bonds. The quantitative estimate of drug-likeness (QED) is 0.536. The second-order valence-corrected chi connectivity index (χ2v) is 3.18. The fourth-order valence-corrected chi connectivity index (χ4v) is 1.50. The minimum Gasteiger partial charge on any atom is -0.388 e. The molecule has 0 aromatic carbocycles. The lowest BCUT2D eigenvalue weighted by Crippen LogP contribution is -2.12. The van der Waals surface area contributed by atoms with E-state index in [1.165, 1.54) is 0 Å². The van der Waals surface area contributed by atoms with E-state index in [0.717, 1.165) is 0 Å². The van der Waals surface area contributed by atoms with Gasteiger partial charge in [0.15, 0.2) is 0 Å². The van der Waals surface area contributed by atoms with Crippen molar-refractivity contribution in [3.05, 3.63) is 48.6 Å². The molecule has 0 spiro atoms. The number of rotatable bonds is 0. The Hall–Kier alpha value is -1.08. The van der Waals surface area contributed by atoms with Crippen LogP contribution in [0.3, 0.4) is 0 Å². The van der Waals surface area contributed by atoms with Crippen LogP contribution >= 0.6 is 0 Å². The van der Waals surface area contributed by atoms with Crippen molar-refractivity contribution in [3.63, 3.8) is 0 Å². The molecule has 0 fully saturated rings. The van der Waals surface area contributed by atoms with Crippen molar-refractivity contribution in [1.82, 2.24) is 0 Å². The lowest BCUT2D eigenvalue weighted by molar-refractivity contribution is 0.197. The Morgan fingerprint density at radius 3 is 2.42 bits per heavy atom. The van der Waals surface area contributed by atoms with Gasteiger partial charge in [0.25, 0.3) is 0 Å². The third-order valence-corrected chi connectivity index (χ3v) is 2.26. The van der Waals surface area contributed by atoms with Gasteiger partial charge in [0.2, 0.25) is 0 Å². The number of fused-ring (bicyclic) bond motifs is 2. The van der Waals surface area contributed by atoms with Crippen LogP contribution in [-0.2, 0) is 0 Å². The maximum Gasteiger partial charge on any atom is 0.0818 e. The monoisotopic (exact) mass is 160 g/mol. The molecule has 1 nitrogen and oxygen atoms in total. The number of hydrogen-bond donors (Lipinski definition) is 1. The van der Waals surface area contributed by atoms with Crippen molar-refractivity contribution >= 4 is 0 Å². The van der Waals surface area contributed by atoms with Gasteiger partial charge in [-0.25, -0.2) is 0 Å². The molecular weight excluding hydrogens is 148 g/mol. The van der Waals surface area contributed by atoms with Crippen molar-refractivity contribution in [2.75, 3.05) is 0 Å². The molecule has 1 heteroatoms. The Kier molecular flexibility index (Phi) is 1.96.